The van der Waals surface area contributed by atoms with Gasteiger partial charge in [0.25, 0.3) is 5.91 Å². The molecule has 8 nitrogen and oxygen atoms in total. The molecule has 3 aromatic rings. The third-order valence-electron chi connectivity index (χ3n) is 4.03. The quantitative estimate of drug-likeness (QED) is 0.602. The summed E-state index contributed by atoms with van der Waals surface area (Å²) in [4.78, 5) is 35.6. The van der Waals surface area contributed by atoms with Crippen LogP contribution in [-0.4, -0.2) is 27.2 Å². The van der Waals surface area contributed by atoms with Crippen molar-refractivity contribution < 1.29 is 19.4 Å². The van der Waals surface area contributed by atoms with Gasteiger partial charge in [0.05, 0.1) is 5.69 Å². The Balaban J connectivity index is 1.76. The second-order valence-corrected chi connectivity index (χ2v) is 5.71. The molecule has 0 atom stereocenters. The van der Waals surface area contributed by atoms with Crippen molar-refractivity contribution in [1.29, 1.82) is 0 Å². The Morgan fingerprint density at radius 3 is 2.77 bits per heavy atom. The summed E-state index contributed by atoms with van der Waals surface area (Å²) in [5.41, 5.74) is -1.10. The lowest BCUT2D eigenvalue weighted by Gasteiger charge is -2.12. The second-order valence-electron chi connectivity index (χ2n) is 5.71. The van der Waals surface area contributed by atoms with Gasteiger partial charge in [-0.15, -0.1) is 0 Å². The number of aromatic nitrogens is 1. The first kappa shape index (κ1) is 17.3. The molecule has 0 unspecified atom stereocenters. The number of fused-ring (bicyclic) bond motifs is 1. The summed E-state index contributed by atoms with van der Waals surface area (Å²) in [6.45, 7) is 2.05. The fourth-order valence-electron chi connectivity index (χ4n) is 2.58. The predicted octanol–water partition coefficient (Wildman–Crippen LogP) is 1.10. The molecule has 0 aliphatic carbocycles. The number of nitrogens with one attached hydrogen (secondary N) is 1. The number of aromatic hydroxyl groups is 2. The zero-order chi connectivity index (χ0) is 18.8. The molecule has 26 heavy (non-hydrogen) atoms. The van der Waals surface area contributed by atoms with Crippen LogP contribution in [0.3, 0.4) is 0 Å². The molecule has 8 heteroatoms. The van der Waals surface area contributed by atoms with Gasteiger partial charge in [0, 0.05) is 30.7 Å². The first-order valence-electron chi connectivity index (χ1n) is 7.81. The van der Waals surface area contributed by atoms with E-state index in [0.29, 0.717) is 17.6 Å². The van der Waals surface area contributed by atoms with Crippen molar-refractivity contribution in [2.45, 2.75) is 13.5 Å². The van der Waals surface area contributed by atoms with Crippen molar-refractivity contribution in [3.05, 3.63) is 68.4 Å². The molecule has 0 radical (unpaired) electrons. The van der Waals surface area contributed by atoms with Crippen molar-refractivity contribution in [2.75, 3.05) is 6.54 Å². The van der Waals surface area contributed by atoms with Crippen LogP contribution in [0.2, 0.25) is 0 Å². The number of pyridine rings is 1. The third kappa shape index (κ3) is 3.16. The maximum absolute atomic E-state index is 12.2. The van der Waals surface area contributed by atoms with E-state index >= 15 is 0 Å². The lowest BCUT2D eigenvalue weighted by Crippen LogP contribution is -2.31. The van der Waals surface area contributed by atoms with Crippen LogP contribution in [0.1, 0.15) is 16.1 Å². The van der Waals surface area contributed by atoms with Crippen molar-refractivity contribution in [2.24, 2.45) is 0 Å². The zero-order valence-corrected chi connectivity index (χ0v) is 13.9. The number of nitrogens with zero attached hydrogens (tertiary/aromatic N) is 1. The Kier molecular flexibility index (Phi) is 4.49. The summed E-state index contributed by atoms with van der Waals surface area (Å²) in [7, 11) is 0. The van der Waals surface area contributed by atoms with E-state index in [9.17, 15) is 24.6 Å². The second kappa shape index (κ2) is 6.75. The molecule has 3 N–H and O–H groups in total. The van der Waals surface area contributed by atoms with Crippen molar-refractivity contribution in [3.63, 3.8) is 0 Å². The lowest BCUT2D eigenvalue weighted by atomic mass is 10.1. The average Bonchev–Trinajstić information content (AvgIpc) is 2.62. The van der Waals surface area contributed by atoms with E-state index in [0.717, 1.165) is 0 Å². The molecule has 2 heterocycles. The van der Waals surface area contributed by atoms with E-state index in [2.05, 4.69) is 5.32 Å². The molecule has 0 saturated carbocycles. The molecule has 0 saturated heterocycles. The van der Waals surface area contributed by atoms with Gasteiger partial charge >= 0.3 is 5.63 Å². The van der Waals surface area contributed by atoms with E-state index in [4.69, 9.17) is 4.42 Å². The maximum atomic E-state index is 12.2. The van der Waals surface area contributed by atoms with Crippen LogP contribution in [0, 0.1) is 6.92 Å². The van der Waals surface area contributed by atoms with Crippen molar-refractivity contribution in [3.8, 4) is 11.5 Å². The van der Waals surface area contributed by atoms with Gasteiger partial charge in [-0.05, 0) is 19.1 Å². The summed E-state index contributed by atoms with van der Waals surface area (Å²) < 4.78 is 6.63. The van der Waals surface area contributed by atoms with Crippen LogP contribution >= 0.6 is 0 Å². The maximum Gasteiger partial charge on any atom is 0.349 e. The number of amides is 1. The SMILES string of the molecule is Cc1c(O)c(=O)ccn1CCNC(=O)c1cc2cccc(O)c2oc1=O. The van der Waals surface area contributed by atoms with E-state index in [1.54, 1.807) is 23.6 Å². The number of phenols is 1. The Morgan fingerprint density at radius 1 is 1.23 bits per heavy atom. The Labute approximate surface area is 146 Å². The van der Waals surface area contributed by atoms with Crippen LogP contribution in [0.4, 0.5) is 0 Å². The van der Waals surface area contributed by atoms with Crippen molar-refractivity contribution >= 4 is 16.9 Å². The average molecular weight is 356 g/mol. The van der Waals surface area contributed by atoms with E-state index < -0.39 is 17.0 Å². The standard InChI is InChI=1S/C18H16N2O6/c1-10-15(23)13(21)5-7-20(10)8-6-19-17(24)12-9-11-3-2-4-14(22)16(11)26-18(12)25/h2-5,7,9,22-23H,6,8H2,1H3,(H,19,24). The zero-order valence-electron chi connectivity index (χ0n) is 13.9. The normalized spacial score (nSPS) is 10.8. The lowest BCUT2D eigenvalue weighted by molar-refractivity contribution is 0.0948. The van der Waals surface area contributed by atoms with E-state index in [1.807, 2.05) is 0 Å². The minimum atomic E-state index is -0.853. The minimum Gasteiger partial charge on any atom is -0.504 e. The summed E-state index contributed by atoms with van der Waals surface area (Å²) >= 11 is 0. The van der Waals surface area contributed by atoms with Crippen LogP contribution in [0.15, 0.2) is 50.5 Å². The van der Waals surface area contributed by atoms with E-state index in [-0.39, 0.29) is 29.2 Å². The summed E-state index contributed by atoms with van der Waals surface area (Å²) in [5.74, 6) is -1.14. The molecular weight excluding hydrogens is 340 g/mol. The number of rotatable bonds is 4. The highest BCUT2D eigenvalue weighted by Gasteiger charge is 2.15. The Bertz CT molecular complexity index is 1110. The van der Waals surface area contributed by atoms with Gasteiger partial charge in [0.2, 0.25) is 5.43 Å². The van der Waals surface area contributed by atoms with Crippen molar-refractivity contribution in [1.82, 2.24) is 9.88 Å². The first-order chi connectivity index (χ1) is 12.4. The number of hydrogen-bond donors (Lipinski definition) is 3. The molecule has 1 amide bonds. The molecular formula is C18H16N2O6. The van der Waals surface area contributed by atoms with Gasteiger partial charge in [0.15, 0.2) is 17.1 Å². The molecule has 1 aromatic carbocycles. The van der Waals surface area contributed by atoms with Gasteiger partial charge in [0.1, 0.15) is 5.56 Å². The van der Waals surface area contributed by atoms with Crippen LogP contribution < -0.4 is 16.4 Å². The van der Waals surface area contributed by atoms with E-state index in [1.165, 1.54) is 24.4 Å². The first-order valence-corrected chi connectivity index (χ1v) is 7.81. The molecule has 0 aliphatic rings. The van der Waals surface area contributed by atoms with Gasteiger partial charge < -0.3 is 24.5 Å². The third-order valence-corrected chi connectivity index (χ3v) is 4.03. The number of hydrogen-bond acceptors (Lipinski definition) is 6. The Morgan fingerprint density at radius 2 is 2.00 bits per heavy atom. The van der Waals surface area contributed by atoms with Crippen LogP contribution in [0.5, 0.6) is 11.5 Å². The van der Waals surface area contributed by atoms with Crippen LogP contribution in [0.25, 0.3) is 11.0 Å². The molecule has 0 fully saturated rings. The topological polar surface area (TPSA) is 122 Å². The van der Waals surface area contributed by atoms with Gasteiger partial charge in [-0.2, -0.15) is 0 Å². The summed E-state index contributed by atoms with van der Waals surface area (Å²) in [6.07, 6.45) is 1.51. The number of para-hydroxylation sites is 1. The van der Waals surface area contributed by atoms with Gasteiger partial charge in [-0.25, -0.2) is 4.79 Å². The smallest absolute Gasteiger partial charge is 0.349 e. The van der Waals surface area contributed by atoms with Gasteiger partial charge in [-0.3, -0.25) is 9.59 Å². The largest absolute Gasteiger partial charge is 0.504 e. The molecule has 3 rings (SSSR count). The number of benzene rings is 1. The molecule has 134 valence electrons. The van der Waals surface area contributed by atoms with Crippen LogP contribution in [-0.2, 0) is 6.54 Å². The predicted molar refractivity (Wildman–Crippen MR) is 93.6 cm³/mol. The molecule has 0 bridgehead atoms. The fourth-order valence-corrected chi connectivity index (χ4v) is 2.58. The number of carbonyl (C=O) groups is 1. The highest BCUT2D eigenvalue weighted by atomic mass is 16.4. The Hall–Kier alpha value is -3.55. The number of phenolic OH excluding ortho intramolecular Hbond substituents is 1. The molecule has 0 aliphatic heterocycles. The monoisotopic (exact) mass is 356 g/mol. The fraction of sp³-hybridized carbons (Fsp3) is 0.167. The molecule has 0 spiro atoms. The minimum absolute atomic E-state index is 0.0217. The summed E-state index contributed by atoms with van der Waals surface area (Å²) in [5, 5.41) is 22.3. The van der Waals surface area contributed by atoms with Gasteiger partial charge in [-0.1, -0.05) is 12.1 Å². The highest BCUT2D eigenvalue weighted by Crippen LogP contribution is 2.23. The number of carbonyl (C=O) groups excluding carboxylic acids is 1. The summed E-state index contributed by atoms with van der Waals surface area (Å²) in [6, 6.07) is 7.15. The molecule has 2 aromatic heterocycles. The highest BCUT2D eigenvalue weighted by molar-refractivity contribution is 5.97.